The van der Waals surface area contributed by atoms with Crippen LogP contribution in [0.5, 0.6) is 0 Å². The summed E-state index contributed by atoms with van der Waals surface area (Å²) in [6.45, 7) is 7.64. The fraction of sp³-hybridized carbons (Fsp3) is 0.333. The van der Waals surface area contributed by atoms with Crippen LogP contribution in [0.2, 0.25) is 0 Å². The first-order chi connectivity index (χ1) is 6.29. The summed E-state index contributed by atoms with van der Waals surface area (Å²) in [6, 6.07) is 0. The van der Waals surface area contributed by atoms with E-state index in [0.717, 1.165) is 12.8 Å². The van der Waals surface area contributed by atoms with Crippen molar-refractivity contribution in [1.82, 2.24) is 0 Å². The zero-order valence-corrected chi connectivity index (χ0v) is 8.52. The molecular weight excluding hydrogens is 176 g/mol. The highest BCUT2D eigenvalue weighted by Gasteiger charge is 2.64. The summed E-state index contributed by atoms with van der Waals surface area (Å²) in [4.78, 5) is 0. The van der Waals surface area contributed by atoms with E-state index in [-0.39, 0.29) is 0 Å². The van der Waals surface area contributed by atoms with Crippen LogP contribution in [0.3, 0.4) is 0 Å². The van der Waals surface area contributed by atoms with Gasteiger partial charge in [-0.1, -0.05) is 36.5 Å². The summed E-state index contributed by atoms with van der Waals surface area (Å²) < 4.78 is 0.607. The van der Waals surface area contributed by atoms with E-state index in [1.165, 1.54) is 0 Å². The van der Waals surface area contributed by atoms with Crippen molar-refractivity contribution in [3.05, 3.63) is 49.6 Å². The van der Waals surface area contributed by atoms with Crippen molar-refractivity contribution in [3.8, 4) is 0 Å². The highest BCUT2D eigenvalue weighted by molar-refractivity contribution is 8.10. The van der Waals surface area contributed by atoms with Gasteiger partial charge >= 0.3 is 0 Å². The summed E-state index contributed by atoms with van der Waals surface area (Å²) >= 11 is 2.03. The molecule has 2 unspecified atom stereocenters. The average Bonchev–Trinajstić information content (AvgIpc) is 2.74. The Kier molecular flexibility index (Phi) is 1.99. The Morgan fingerprint density at radius 1 is 1.00 bits per heavy atom. The van der Waals surface area contributed by atoms with Crippen LogP contribution in [-0.2, 0) is 0 Å². The van der Waals surface area contributed by atoms with Gasteiger partial charge in [0.1, 0.15) is 0 Å². The monoisotopic (exact) mass is 190 g/mol. The van der Waals surface area contributed by atoms with Gasteiger partial charge in [-0.05, 0) is 12.8 Å². The lowest BCUT2D eigenvalue weighted by atomic mass is 9.84. The van der Waals surface area contributed by atoms with Crippen LogP contribution >= 0.6 is 11.8 Å². The van der Waals surface area contributed by atoms with Crippen LogP contribution in [0.4, 0.5) is 0 Å². The number of hydrogen-bond acceptors (Lipinski definition) is 1. The lowest BCUT2D eigenvalue weighted by molar-refractivity contribution is 0.663. The summed E-state index contributed by atoms with van der Waals surface area (Å²) in [5, 5.41) is 0. The first kappa shape index (κ1) is 8.89. The van der Waals surface area contributed by atoms with Crippen LogP contribution in [0.15, 0.2) is 49.6 Å². The van der Waals surface area contributed by atoms with Crippen molar-refractivity contribution in [1.29, 1.82) is 0 Å². The molecule has 2 atom stereocenters. The van der Waals surface area contributed by atoms with Crippen molar-refractivity contribution < 1.29 is 0 Å². The van der Waals surface area contributed by atoms with E-state index in [2.05, 4.69) is 37.5 Å². The maximum atomic E-state index is 3.82. The second-order valence-electron chi connectivity index (χ2n) is 3.58. The van der Waals surface area contributed by atoms with Gasteiger partial charge in [0.25, 0.3) is 0 Å². The van der Waals surface area contributed by atoms with Crippen LogP contribution in [0.1, 0.15) is 12.8 Å². The predicted molar refractivity (Wildman–Crippen MR) is 61.0 cm³/mol. The molecule has 1 aliphatic carbocycles. The van der Waals surface area contributed by atoms with Gasteiger partial charge in [0.15, 0.2) is 0 Å². The largest absolute Gasteiger partial charge is 0.136 e. The molecule has 68 valence electrons. The van der Waals surface area contributed by atoms with Crippen molar-refractivity contribution in [2.45, 2.75) is 22.3 Å². The normalized spacial score (nSPS) is 39.7. The minimum absolute atomic E-state index is 0.303. The molecule has 13 heavy (non-hydrogen) atoms. The molecule has 1 saturated heterocycles. The molecule has 0 aromatic heterocycles. The smallest absolute Gasteiger partial charge is 0.0570 e. The van der Waals surface area contributed by atoms with Crippen LogP contribution in [0, 0.1) is 0 Å². The van der Waals surface area contributed by atoms with Gasteiger partial charge in [-0.2, -0.15) is 0 Å². The first-order valence-corrected chi connectivity index (χ1v) is 5.39. The molecule has 0 aromatic carbocycles. The van der Waals surface area contributed by atoms with Crippen LogP contribution in [-0.4, -0.2) is 9.49 Å². The molecule has 1 fully saturated rings. The Bertz CT molecular complexity index is 270. The summed E-state index contributed by atoms with van der Waals surface area (Å²) in [5.41, 5.74) is 0. The molecular formula is C12H14S. The third-order valence-corrected chi connectivity index (χ3v) is 4.63. The Morgan fingerprint density at radius 3 is 1.85 bits per heavy atom. The zero-order chi connectivity index (χ0) is 9.36. The molecule has 0 nitrogen and oxygen atoms in total. The maximum Gasteiger partial charge on any atom is 0.0570 e. The number of allylic oxidation sites excluding steroid dienone is 4. The molecule has 1 heteroatoms. The van der Waals surface area contributed by atoms with E-state index in [1.54, 1.807) is 0 Å². The number of rotatable bonds is 4. The number of fused-ring (bicyclic) bond motifs is 1. The third kappa shape index (κ3) is 1.14. The quantitative estimate of drug-likeness (QED) is 0.483. The second-order valence-corrected chi connectivity index (χ2v) is 5.25. The van der Waals surface area contributed by atoms with Gasteiger partial charge < -0.3 is 0 Å². The van der Waals surface area contributed by atoms with Crippen LogP contribution in [0.25, 0.3) is 0 Å². The van der Waals surface area contributed by atoms with Gasteiger partial charge in [0, 0.05) is 0 Å². The topological polar surface area (TPSA) is 0 Å². The molecule has 2 aliphatic rings. The highest BCUT2D eigenvalue weighted by Crippen LogP contribution is 2.70. The molecule has 0 aromatic rings. The molecule has 0 bridgehead atoms. The Morgan fingerprint density at radius 2 is 1.46 bits per heavy atom. The van der Waals surface area contributed by atoms with Crippen molar-refractivity contribution in [2.24, 2.45) is 0 Å². The van der Waals surface area contributed by atoms with Gasteiger partial charge in [0.2, 0.25) is 0 Å². The number of hydrogen-bond donors (Lipinski definition) is 0. The SMILES string of the molecule is C=CCC12C=CC=CC1(CC=C)S2. The molecule has 0 N–H and O–H groups in total. The predicted octanol–water partition coefficient (Wildman–Crippen LogP) is 3.49. The van der Waals surface area contributed by atoms with Crippen molar-refractivity contribution in [3.63, 3.8) is 0 Å². The minimum Gasteiger partial charge on any atom is -0.136 e. The molecule has 0 saturated carbocycles. The van der Waals surface area contributed by atoms with E-state index >= 15 is 0 Å². The molecule has 0 radical (unpaired) electrons. The second kappa shape index (κ2) is 2.91. The van der Waals surface area contributed by atoms with Crippen molar-refractivity contribution in [2.75, 3.05) is 0 Å². The minimum atomic E-state index is 0.303. The summed E-state index contributed by atoms with van der Waals surface area (Å²) in [5.74, 6) is 0. The fourth-order valence-corrected chi connectivity index (χ4v) is 3.66. The Balaban J connectivity index is 2.23. The number of thioether (sulfide) groups is 1. The van der Waals surface area contributed by atoms with Crippen molar-refractivity contribution >= 4 is 11.8 Å². The summed E-state index contributed by atoms with van der Waals surface area (Å²) in [7, 11) is 0. The zero-order valence-electron chi connectivity index (χ0n) is 7.70. The molecule has 2 rings (SSSR count). The van der Waals surface area contributed by atoms with Gasteiger partial charge in [0.05, 0.1) is 9.49 Å². The fourth-order valence-electron chi connectivity index (χ4n) is 2.07. The highest BCUT2D eigenvalue weighted by atomic mass is 32.2. The average molecular weight is 190 g/mol. The van der Waals surface area contributed by atoms with E-state index < -0.39 is 0 Å². The van der Waals surface area contributed by atoms with Gasteiger partial charge in [-0.3, -0.25) is 0 Å². The molecule has 1 aliphatic heterocycles. The lowest BCUT2D eigenvalue weighted by Gasteiger charge is -2.17. The Labute approximate surface area is 84.1 Å². The molecule has 0 spiro atoms. The first-order valence-electron chi connectivity index (χ1n) is 4.58. The third-order valence-electron chi connectivity index (χ3n) is 2.78. The van der Waals surface area contributed by atoms with E-state index in [1.807, 2.05) is 23.9 Å². The molecule has 1 heterocycles. The van der Waals surface area contributed by atoms with E-state index in [9.17, 15) is 0 Å². The molecule has 0 amide bonds. The van der Waals surface area contributed by atoms with E-state index in [0.29, 0.717) is 9.49 Å². The lowest BCUT2D eigenvalue weighted by Crippen LogP contribution is -2.22. The van der Waals surface area contributed by atoms with Crippen LogP contribution < -0.4 is 0 Å². The summed E-state index contributed by atoms with van der Waals surface area (Å²) in [6.07, 6.45) is 15.1. The van der Waals surface area contributed by atoms with E-state index in [4.69, 9.17) is 0 Å². The Hall–Kier alpha value is -0.690. The maximum absolute atomic E-state index is 3.82. The van der Waals surface area contributed by atoms with Gasteiger partial charge in [-0.15, -0.1) is 24.9 Å². The van der Waals surface area contributed by atoms with Gasteiger partial charge in [-0.25, -0.2) is 0 Å². The standard InChI is InChI=1S/C12H14S/c1-3-7-11-9-5-6-10-12(11,13-11)8-4-2/h3-6,9-10H,1-2,7-8H2.